The van der Waals surface area contributed by atoms with Crippen molar-refractivity contribution >= 4 is 49.3 Å². The van der Waals surface area contributed by atoms with E-state index in [1.165, 1.54) is 21.2 Å². The fourth-order valence-corrected chi connectivity index (χ4v) is 9.97. The lowest BCUT2D eigenvalue weighted by molar-refractivity contribution is 0.619. The van der Waals surface area contributed by atoms with Crippen LogP contribution in [0.2, 0.25) is 0 Å². The molecule has 6 heteroatoms. The molecule has 0 bridgehead atoms. The van der Waals surface area contributed by atoms with Gasteiger partial charge in [-0.3, -0.25) is 0 Å². The summed E-state index contributed by atoms with van der Waals surface area (Å²) in [6, 6.07) is 56.7. The maximum absolute atomic E-state index is 6.79. The molecular formula is C46H33N3O2S. The van der Waals surface area contributed by atoms with Crippen molar-refractivity contribution in [3.05, 3.63) is 164 Å². The van der Waals surface area contributed by atoms with Gasteiger partial charge >= 0.3 is 0 Å². The van der Waals surface area contributed by atoms with Gasteiger partial charge in [0.1, 0.15) is 11.0 Å². The molecule has 0 unspecified atom stereocenters. The van der Waals surface area contributed by atoms with Gasteiger partial charge in [-0.2, -0.15) is 10.0 Å². The van der Waals surface area contributed by atoms with Crippen LogP contribution in [0.3, 0.4) is 0 Å². The lowest BCUT2D eigenvalue weighted by atomic mass is 9.96. The Bertz CT molecular complexity index is 2610. The first-order valence-electron chi connectivity index (χ1n) is 17.3. The molecular weight excluding hydrogens is 659 g/mol. The Balaban J connectivity index is 1.22. The highest BCUT2D eigenvalue weighted by atomic mass is 32.3. The number of benzene rings is 7. The SMILES string of the molecule is CS1(C)c2ccccc2N(c2ccc(-c3c4nc(-c5ccccc5)oc4c(-c4ccccc4)c4nc(-c5ccccc5)oc34)cc2)c2ccccc21. The Morgan fingerprint density at radius 3 is 1.27 bits per heavy atom. The quantitative estimate of drug-likeness (QED) is 0.180. The topological polar surface area (TPSA) is 55.3 Å². The summed E-state index contributed by atoms with van der Waals surface area (Å²) in [7, 11) is -1.19. The van der Waals surface area contributed by atoms with Gasteiger partial charge in [0.25, 0.3) is 0 Å². The summed E-state index contributed by atoms with van der Waals surface area (Å²) in [5.74, 6) is 1.10. The molecule has 52 heavy (non-hydrogen) atoms. The zero-order chi connectivity index (χ0) is 34.8. The molecule has 0 atom stereocenters. The van der Waals surface area contributed by atoms with Gasteiger partial charge in [0.2, 0.25) is 11.8 Å². The Hall–Kier alpha value is -6.37. The van der Waals surface area contributed by atoms with Gasteiger partial charge in [0.15, 0.2) is 11.2 Å². The van der Waals surface area contributed by atoms with Crippen molar-refractivity contribution < 1.29 is 8.83 Å². The Morgan fingerprint density at radius 2 is 0.808 bits per heavy atom. The number of oxazole rings is 2. The molecule has 9 aromatic rings. The third-order valence-corrected chi connectivity index (χ3v) is 12.9. The average Bonchev–Trinajstić information content (AvgIpc) is 3.84. The van der Waals surface area contributed by atoms with Crippen LogP contribution in [-0.4, -0.2) is 22.5 Å². The molecule has 1 aliphatic rings. The summed E-state index contributed by atoms with van der Waals surface area (Å²) < 4.78 is 13.5. The Kier molecular flexibility index (Phi) is 6.95. The van der Waals surface area contributed by atoms with Crippen molar-refractivity contribution in [1.29, 1.82) is 0 Å². The average molecular weight is 692 g/mol. The fraction of sp³-hybridized carbons (Fsp3) is 0.0435. The molecule has 10 rings (SSSR count). The maximum Gasteiger partial charge on any atom is 0.227 e. The Morgan fingerprint density at radius 1 is 0.423 bits per heavy atom. The van der Waals surface area contributed by atoms with Gasteiger partial charge in [0, 0.05) is 26.6 Å². The third-order valence-electron chi connectivity index (χ3n) is 10.0. The molecule has 0 aliphatic carbocycles. The third kappa shape index (κ3) is 4.72. The van der Waals surface area contributed by atoms with Crippen molar-refractivity contribution in [1.82, 2.24) is 9.97 Å². The molecule has 0 saturated carbocycles. The van der Waals surface area contributed by atoms with Crippen LogP contribution in [0.1, 0.15) is 0 Å². The summed E-state index contributed by atoms with van der Waals surface area (Å²) in [5, 5.41) is 0. The van der Waals surface area contributed by atoms with Gasteiger partial charge < -0.3 is 13.7 Å². The minimum absolute atomic E-state index is 0.549. The van der Waals surface area contributed by atoms with Crippen LogP contribution < -0.4 is 4.90 Å². The molecule has 0 N–H and O–H groups in total. The molecule has 0 fully saturated rings. The highest BCUT2D eigenvalue weighted by Gasteiger charge is 2.34. The summed E-state index contributed by atoms with van der Waals surface area (Å²) in [6.45, 7) is 0. The fourth-order valence-electron chi connectivity index (χ4n) is 7.53. The van der Waals surface area contributed by atoms with Gasteiger partial charge in [0.05, 0.1) is 22.5 Å². The normalized spacial score (nSPS) is 13.9. The molecule has 0 saturated heterocycles. The van der Waals surface area contributed by atoms with E-state index >= 15 is 0 Å². The molecule has 0 amide bonds. The van der Waals surface area contributed by atoms with Gasteiger partial charge in [-0.15, -0.1) is 0 Å². The number of fused-ring (bicyclic) bond motifs is 4. The van der Waals surface area contributed by atoms with Crippen LogP contribution in [0.15, 0.2) is 182 Å². The van der Waals surface area contributed by atoms with E-state index in [4.69, 9.17) is 18.8 Å². The highest BCUT2D eigenvalue weighted by molar-refractivity contribution is 8.33. The standard InChI is InChI=1S/C46H33N3O2S/c1-52(2)37-24-14-12-22-35(37)49(36-23-13-15-25-38(36)52)34-28-26-31(27-29-34)40-42-43(50-46(48-42)33-20-10-5-11-21-33)39(30-16-6-3-7-17-30)41-44(40)51-45(47-41)32-18-8-4-9-19-32/h3-29H,1-2H3. The summed E-state index contributed by atoms with van der Waals surface area (Å²) in [5.41, 5.74) is 11.8. The van der Waals surface area contributed by atoms with Crippen LogP contribution in [0.5, 0.6) is 0 Å². The second-order valence-corrected chi connectivity index (χ2v) is 16.9. The van der Waals surface area contributed by atoms with E-state index in [1.54, 1.807) is 0 Å². The van der Waals surface area contributed by atoms with E-state index in [2.05, 4.69) is 102 Å². The second kappa shape index (κ2) is 11.9. The van der Waals surface area contributed by atoms with Crippen LogP contribution in [0.4, 0.5) is 17.1 Å². The first kappa shape index (κ1) is 30.5. The molecule has 0 spiro atoms. The second-order valence-electron chi connectivity index (χ2n) is 13.4. The monoisotopic (exact) mass is 691 g/mol. The number of aromatic nitrogens is 2. The van der Waals surface area contributed by atoms with Gasteiger partial charge in [-0.25, -0.2) is 9.97 Å². The number of para-hydroxylation sites is 2. The van der Waals surface area contributed by atoms with Crippen LogP contribution >= 0.6 is 10.0 Å². The Labute approximate surface area is 303 Å². The first-order valence-corrected chi connectivity index (χ1v) is 19.8. The number of hydrogen-bond donors (Lipinski definition) is 0. The van der Waals surface area contributed by atoms with Crippen LogP contribution in [0, 0.1) is 0 Å². The number of hydrogen-bond acceptors (Lipinski definition) is 5. The lowest BCUT2D eigenvalue weighted by Gasteiger charge is -2.45. The largest absolute Gasteiger partial charge is 0.435 e. The van der Waals surface area contributed by atoms with E-state index in [1.807, 2.05) is 78.9 Å². The van der Waals surface area contributed by atoms with Gasteiger partial charge in [-0.1, -0.05) is 103 Å². The minimum Gasteiger partial charge on any atom is -0.435 e. The van der Waals surface area contributed by atoms with Crippen LogP contribution in [0.25, 0.3) is 67.4 Å². The van der Waals surface area contributed by atoms with Crippen molar-refractivity contribution in [2.24, 2.45) is 0 Å². The smallest absolute Gasteiger partial charge is 0.227 e. The van der Waals surface area contributed by atoms with Crippen molar-refractivity contribution in [3.63, 3.8) is 0 Å². The van der Waals surface area contributed by atoms with E-state index < -0.39 is 10.0 Å². The van der Waals surface area contributed by atoms with Crippen molar-refractivity contribution in [2.75, 3.05) is 17.4 Å². The predicted molar refractivity (Wildman–Crippen MR) is 214 cm³/mol. The van der Waals surface area contributed by atoms with Crippen molar-refractivity contribution in [2.45, 2.75) is 9.79 Å². The van der Waals surface area contributed by atoms with Crippen molar-refractivity contribution in [3.8, 4) is 45.2 Å². The molecule has 0 radical (unpaired) electrons. The molecule has 2 aromatic heterocycles. The zero-order valence-corrected chi connectivity index (χ0v) is 29.5. The van der Waals surface area contributed by atoms with E-state index in [0.717, 1.165) is 50.1 Å². The maximum atomic E-state index is 6.79. The molecule has 1 aliphatic heterocycles. The zero-order valence-electron chi connectivity index (χ0n) is 28.7. The highest BCUT2D eigenvalue weighted by Crippen LogP contribution is 2.67. The van der Waals surface area contributed by atoms with Gasteiger partial charge in [-0.05, 0) is 84.3 Å². The van der Waals surface area contributed by atoms with E-state index in [0.29, 0.717) is 22.9 Å². The molecule has 5 nitrogen and oxygen atoms in total. The molecule has 7 aromatic carbocycles. The first-order chi connectivity index (χ1) is 25.6. The summed E-state index contributed by atoms with van der Waals surface area (Å²) >= 11 is 0. The summed E-state index contributed by atoms with van der Waals surface area (Å²) in [4.78, 5) is 15.5. The number of anilines is 3. The predicted octanol–water partition coefficient (Wildman–Crippen LogP) is 12.9. The number of rotatable bonds is 5. The van der Waals surface area contributed by atoms with E-state index in [9.17, 15) is 0 Å². The molecule has 250 valence electrons. The van der Waals surface area contributed by atoms with E-state index in [-0.39, 0.29) is 0 Å². The summed E-state index contributed by atoms with van der Waals surface area (Å²) in [6.07, 6.45) is 4.78. The lowest BCUT2D eigenvalue weighted by Crippen LogP contribution is -2.19. The van der Waals surface area contributed by atoms with Crippen LogP contribution in [-0.2, 0) is 0 Å². The minimum atomic E-state index is -1.19. The molecule has 3 heterocycles. The number of nitrogens with zero attached hydrogens (tertiary/aromatic N) is 3.